The van der Waals surface area contributed by atoms with Crippen molar-refractivity contribution in [1.29, 1.82) is 0 Å². The summed E-state index contributed by atoms with van der Waals surface area (Å²) in [6, 6.07) is 4.66. The summed E-state index contributed by atoms with van der Waals surface area (Å²) < 4.78 is 0. The monoisotopic (exact) mass is 294 g/mol. The van der Waals surface area contributed by atoms with Gasteiger partial charge >= 0.3 is 0 Å². The Morgan fingerprint density at radius 2 is 1.71 bits per heavy atom. The minimum Gasteiger partial charge on any atom is -0.385 e. The smallest absolute Gasteiger partial charge is 0.273 e. The molecule has 7 nitrogen and oxygen atoms in total. The number of nitrogens with one attached hydrogen (secondary N) is 3. The van der Waals surface area contributed by atoms with E-state index in [0.717, 1.165) is 19.4 Å². The van der Waals surface area contributed by atoms with E-state index in [4.69, 9.17) is 0 Å². The van der Waals surface area contributed by atoms with Gasteiger partial charge in [-0.1, -0.05) is 13.8 Å². The number of nitro groups is 1. The second-order valence-corrected chi connectivity index (χ2v) is 4.66. The van der Waals surface area contributed by atoms with Gasteiger partial charge in [-0.25, -0.2) is 0 Å². The fourth-order valence-electron chi connectivity index (χ4n) is 1.70. The second-order valence-electron chi connectivity index (χ2n) is 4.66. The molecule has 0 aliphatic carbocycles. The first-order valence-electron chi connectivity index (χ1n) is 7.10. The zero-order chi connectivity index (χ0) is 15.7. The molecule has 0 saturated heterocycles. The van der Waals surface area contributed by atoms with Gasteiger partial charge in [-0.3, -0.25) is 14.9 Å². The lowest BCUT2D eigenvalue weighted by atomic mass is 10.2. The number of hydrogen-bond donors (Lipinski definition) is 3. The van der Waals surface area contributed by atoms with E-state index in [0.29, 0.717) is 17.9 Å². The molecule has 1 aromatic rings. The number of non-ortho nitro benzene ring substituents is 1. The van der Waals surface area contributed by atoms with Crippen LogP contribution in [0, 0.1) is 10.1 Å². The summed E-state index contributed by atoms with van der Waals surface area (Å²) in [5.74, 6) is -0.133. The number of rotatable bonds is 9. The molecular formula is C14H22N4O3. The molecule has 0 fully saturated rings. The maximum atomic E-state index is 11.5. The maximum absolute atomic E-state index is 11.5. The third-order valence-corrected chi connectivity index (χ3v) is 2.73. The molecule has 0 radical (unpaired) electrons. The topological polar surface area (TPSA) is 96.3 Å². The Morgan fingerprint density at radius 1 is 1.10 bits per heavy atom. The lowest BCUT2D eigenvalue weighted by Crippen LogP contribution is -2.30. The van der Waals surface area contributed by atoms with Gasteiger partial charge in [0.15, 0.2) is 0 Å². The number of amides is 1. The number of carbonyl (C=O) groups is 1. The van der Waals surface area contributed by atoms with Crippen molar-refractivity contribution >= 4 is 23.0 Å². The van der Waals surface area contributed by atoms with Crippen molar-refractivity contribution in [3.63, 3.8) is 0 Å². The van der Waals surface area contributed by atoms with Crippen LogP contribution < -0.4 is 16.0 Å². The molecule has 0 aromatic heterocycles. The molecule has 1 amide bonds. The molecule has 0 heterocycles. The summed E-state index contributed by atoms with van der Waals surface area (Å²) in [5, 5.41) is 19.7. The highest BCUT2D eigenvalue weighted by molar-refractivity contribution is 5.81. The van der Waals surface area contributed by atoms with Gasteiger partial charge in [-0.2, -0.15) is 0 Å². The molecule has 0 aliphatic rings. The summed E-state index contributed by atoms with van der Waals surface area (Å²) in [7, 11) is 0. The first kappa shape index (κ1) is 16.7. The van der Waals surface area contributed by atoms with E-state index in [1.807, 2.05) is 13.8 Å². The van der Waals surface area contributed by atoms with Gasteiger partial charge in [0.1, 0.15) is 0 Å². The largest absolute Gasteiger partial charge is 0.385 e. The Balaban J connectivity index is 2.73. The lowest BCUT2D eigenvalue weighted by Gasteiger charge is -2.10. The van der Waals surface area contributed by atoms with Crippen LogP contribution in [0.4, 0.5) is 17.1 Å². The van der Waals surface area contributed by atoms with Crippen molar-refractivity contribution in [2.45, 2.75) is 26.7 Å². The third kappa shape index (κ3) is 6.11. The van der Waals surface area contributed by atoms with E-state index < -0.39 is 4.92 Å². The van der Waals surface area contributed by atoms with Gasteiger partial charge in [0.05, 0.1) is 11.5 Å². The molecule has 1 aromatic carbocycles. The molecule has 1 rings (SSSR count). The molecule has 3 N–H and O–H groups in total. The fourth-order valence-corrected chi connectivity index (χ4v) is 1.70. The number of anilines is 2. The van der Waals surface area contributed by atoms with E-state index in [2.05, 4.69) is 16.0 Å². The first-order chi connectivity index (χ1) is 10.1. The Morgan fingerprint density at radius 3 is 2.29 bits per heavy atom. The predicted molar refractivity (Wildman–Crippen MR) is 83.7 cm³/mol. The quantitative estimate of drug-likeness (QED) is 0.480. The number of benzene rings is 1. The van der Waals surface area contributed by atoms with Crippen LogP contribution in [0.2, 0.25) is 0 Å². The van der Waals surface area contributed by atoms with Gasteiger partial charge in [0.2, 0.25) is 5.91 Å². The van der Waals surface area contributed by atoms with Crippen molar-refractivity contribution < 1.29 is 9.72 Å². The molecular weight excluding hydrogens is 272 g/mol. The molecule has 0 saturated carbocycles. The second kappa shape index (κ2) is 8.78. The molecule has 21 heavy (non-hydrogen) atoms. The molecule has 0 spiro atoms. The highest BCUT2D eigenvalue weighted by Gasteiger charge is 2.10. The normalized spacial score (nSPS) is 10.0. The van der Waals surface area contributed by atoms with Crippen molar-refractivity contribution in [2.75, 3.05) is 30.3 Å². The minimum absolute atomic E-state index is 0.00688. The van der Waals surface area contributed by atoms with Crippen LogP contribution in [0.25, 0.3) is 0 Å². The molecule has 116 valence electrons. The van der Waals surface area contributed by atoms with E-state index in [1.165, 1.54) is 12.1 Å². The van der Waals surface area contributed by atoms with Crippen LogP contribution in [0.3, 0.4) is 0 Å². The van der Waals surface area contributed by atoms with E-state index in [9.17, 15) is 14.9 Å². The average molecular weight is 294 g/mol. The van der Waals surface area contributed by atoms with Crippen molar-refractivity contribution in [3.8, 4) is 0 Å². The number of carbonyl (C=O) groups excluding carboxylic acids is 1. The summed E-state index contributed by atoms with van der Waals surface area (Å²) in [4.78, 5) is 22.0. The van der Waals surface area contributed by atoms with Crippen LogP contribution >= 0.6 is 0 Å². The van der Waals surface area contributed by atoms with Gasteiger partial charge in [-0.05, 0) is 18.9 Å². The van der Waals surface area contributed by atoms with Crippen molar-refractivity contribution in [3.05, 3.63) is 28.3 Å². The Labute approximate surface area is 124 Å². The highest BCUT2D eigenvalue weighted by atomic mass is 16.6. The van der Waals surface area contributed by atoms with Crippen LogP contribution in [0.1, 0.15) is 26.7 Å². The fraction of sp³-hybridized carbons (Fsp3) is 0.500. The van der Waals surface area contributed by atoms with Crippen LogP contribution in [-0.4, -0.2) is 30.5 Å². The Hall–Kier alpha value is -2.31. The minimum atomic E-state index is -0.445. The van der Waals surface area contributed by atoms with Crippen molar-refractivity contribution in [2.24, 2.45) is 0 Å². The van der Waals surface area contributed by atoms with Gasteiger partial charge in [0.25, 0.3) is 5.69 Å². The lowest BCUT2D eigenvalue weighted by molar-refractivity contribution is -0.384. The van der Waals surface area contributed by atoms with Gasteiger partial charge in [-0.15, -0.1) is 0 Å². The predicted octanol–water partition coefficient (Wildman–Crippen LogP) is 2.35. The average Bonchev–Trinajstić information content (AvgIpc) is 2.48. The molecule has 0 atom stereocenters. The Kier molecular flexibility index (Phi) is 7.00. The third-order valence-electron chi connectivity index (χ3n) is 2.73. The first-order valence-corrected chi connectivity index (χ1v) is 7.10. The molecule has 0 bridgehead atoms. The molecule has 0 aliphatic heterocycles. The van der Waals surface area contributed by atoms with Gasteiger partial charge < -0.3 is 16.0 Å². The summed E-state index contributed by atoms with van der Waals surface area (Å²) in [6.07, 6.45) is 1.79. The highest BCUT2D eigenvalue weighted by Crippen LogP contribution is 2.24. The Bertz CT molecular complexity index is 491. The number of nitro benzene ring substituents is 1. The summed E-state index contributed by atoms with van der Waals surface area (Å²) in [5.41, 5.74) is 1.21. The van der Waals surface area contributed by atoms with Crippen LogP contribution in [-0.2, 0) is 4.79 Å². The summed E-state index contributed by atoms with van der Waals surface area (Å²) in [6.45, 7) is 5.44. The molecule has 7 heteroatoms. The summed E-state index contributed by atoms with van der Waals surface area (Å²) >= 11 is 0. The zero-order valence-corrected chi connectivity index (χ0v) is 12.4. The van der Waals surface area contributed by atoms with Gasteiger partial charge in [0, 0.05) is 36.6 Å². The van der Waals surface area contributed by atoms with E-state index >= 15 is 0 Å². The maximum Gasteiger partial charge on any atom is 0.273 e. The van der Waals surface area contributed by atoms with Crippen LogP contribution in [0.15, 0.2) is 18.2 Å². The van der Waals surface area contributed by atoms with E-state index in [1.54, 1.807) is 6.07 Å². The number of hydrogen-bond acceptors (Lipinski definition) is 5. The zero-order valence-electron chi connectivity index (χ0n) is 12.4. The van der Waals surface area contributed by atoms with Crippen molar-refractivity contribution in [1.82, 2.24) is 5.32 Å². The molecule has 0 unspecified atom stereocenters. The van der Waals surface area contributed by atoms with Crippen LogP contribution in [0.5, 0.6) is 0 Å². The standard InChI is InChI=1S/C14H22N4O3/c1-3-5-15-11-7-12(9-13(8-11)18(20)21)17-10-14(19)16-6-4-2/h7-9,15,17H,3-6,10H2,1-2H3,(H,16,19). The number of nitrogens with zero attached hydrogens (tertiary/aromatic N) is 1. The SMILES string of the molecule is CCCNC(=O)CNc1cc(NCCC)cc([N+](=O)[O-])c1. The van der Waals surface area contributed by atoms with E-state index in [-0.39, 0.29) is 18.1 Å².